The molecule has 0 saturated carbocycles. The zero-order valence-electron chi connectivity index (χ0n) is 20.9. The maximum Gasteiger partial charge on any atom is 0.184 e. The Hall–Kier alpha value is 0.354. The second kappa shape index (κ2) is 16.1. The Balaban J connectivity index is 3.63. The maximum absolute atomic E-state index is 6.38. The molecule has 0 aliphatic heterocycles. The molecule has 0 aliphatic rings. The molecule has 0 saturated heterocycles. The Bertz CT molecular complexity index is 345. The summed E-state index contributed by atoms with van der Waals surface area (Å²) in [6, 6.07) is 0. The van der Waals surface area contributed by atoms with Gasteiger partial charge in [0, 0.05) is 0 Å². The molecule has 1 unspecified atom stereocenters. The van der Waals surface area contributed by atoms with E-state index in [0.717, 1.165) is 12.5 Å². The first-order valence-electron chi connectivity index (χ1n) is 12.3. The zero-order valence-corrected chi connectivity index (χ0v) is 22.9. The number of rotatable bonds is 19. The third-order valence-corrected chi connectivity index (χ3v) is 7.10. The maximum atomic E-state index is 6.38. The van der Waals surface area contributed by atoms with Crippen LogP contribution < -0.4 is 0 Å². The minimum absolute atomic E-state index is 0.314. The van der Waals surface area contributed by atoms with Crippen LogP contribution in [0.15, 0.2) is 0 Å². The lowest BCUT2D eigenvalue weighted by atomic mass is 10.0. The number of hydrogen-bond donors (Lipinski definition) is 0. The Morgan fingerprint density at radius 1 is 0.536 bits per heavy atom. The fraction of sp³-hybridized carbons (Fsp3) is 1.00. The summed E-state index contributed by atoms with van der Waals surface area (Å²) in [6.07, 6.45) is 18.4. The highest BCUT2D eigenvalue weighted by atomic mass is 28.4. The molecule has 0 rings (SSSR count). The quantitative estimate of drug-likeness (QED) is 0.150. The molecule has 0 bridgehead atoms. The van der Waals surface area contributed by atoms with E-state index in [4.69, 9.17) is 8.85 Å². The number of unbranched alkanes of at least 4 members (excludes halogenated alkanes) is 10. The number of hydrogen-bond acceptors (Lipinski definition) is 2. The van der Waals surface area contributed by atoms with Crippen molar-refractivity contribution in [3.63, 3.8) is 0 Å². The Kier molecular flexibility index (Phi) is 16.3. The van der Waals surface area contributed by atoms with E-state index < -0.39 is 16.6 Å². The van der Waals surface area contributed by atoms with E-state index >= 15 is 0 Å². The molecule has 0 spiro atoms. The van der Waals surface area contributed by atoms with Gasteiger partial charge in [-0.25, -0.2) is 0 Å². The highest BCUT2D eigenvalue weighted by Gasteiger charge is 2.23. The van der Waals surface area contributed by atoms with Crippen molar-refractivity contribution in [1.82, 2.24) is 0 Å². The van der Waals surface area contributed by atoms with E-state index in [9.17, 15) is 0 Å². The second-order valence-corrected chi connectivity index (χ2v) is 20.1. The van der Waals surface area contributed by atoms with Gasteiger partial charge < -0.3 is 8.85 Å². The highest BCUT2D eigenvalue weighted by Crippen LogP contribution is 2.18. The monoisotopic (exact) mass is 430 g/mol. The van der Waals surface area contributed by atoms with Crippen molar-refractivity contribution in [2.24, 2.45) is 5.92 Å². The summed E-state index contributed by atoms with van der Waals surface area (Å²) >= 11 is 0. The molecule has 2 nitrogen and oxygen atoms in total. The summed E-state index contributed by atoms with van der Waals surface area (Å²) in [4.78, 5) is 0. The molecule has 0 aromatic heterocycles. The van der Waals surface area contributed by atoms with Crippen LogP contribution in [0.5, 0.6) is 0 Å². The van der Waals surface area contributed by atoms with Gasteiger partial charge in [-0.15, -0.1) is 0 Å². The third kappa shape index (κ3) is 22.6. The lowest BCUT2D eigenvalue weighted by Crippen LogP contribution is -2.38. The molecule has 28 heavy (non-hydrogen) atoms. The summed E-state index contributed by atoms with van der Waals surface area (Å²) < 4.78 is 12.5. The first-order valence-corrected chi connectivity index (χ1v) is 19.1. The van der Waals surface area contributed by atoms with Gasteiger partial charge in [0.15, 0.2) is 16.6 Å². The molecule has 0 fully saturated rings. The van der Waals surface area contributed by atoms with Gasteiger partial charge in [-0.1, -0.05) is 90.9 Å². The van der Waals surface area contributed by atoms with Crippen LogP contribution in [0.25, 0.3) is 0 Å². The van der Waals surface area contributed by atoms with Gasteiger partial charge in [-0.3, -0.25) is 0 Å². The molecule has 0 radical (unpaired) electrons. The van der Waals surface area contributed by atoms with Gasteiger partial charge in [0.1, 0.15) is 0 Å². The Morgan fingerprint density at radius 3 is 1.29 bits per heavy atom. The van der Waals surface area contributed by atoms with Crippen molar-refractivity contribution < 1.29 is 8.85 Å². The highest BCUT2D eigenvalue weighted by molar-refractivity contribution is 6.70. The zero-order chi connectivity index (χ0) is 21.5. The van der Waals surface area contributed by atoms with Gasteiger partial charge in [-0.05, 0) is 51.6 Å². The largest absolute Gasteiger partial charge is 0.415 e. The van der Waals surface area contributed by atoms with Crippen LogP contribution in [0, 0.1) is 5.92 Å². The van der Waals surface area contributed by atoms with Gasteiger partial charge >= 0.3 is 0 Å². The fourth-order valence-corrected chi connectivity index (χ4v) is 5.41. The van der Waals surface area contributed by atoms with Gasteiger partial charge in [-0.2, -0.15) is 0 Å². The SMILES string of the molecule is CC(C)CCCCCCCCCCCCCC(CO[Si](C)(C)C)O[Si](C)(C)C. The lowest BCUT2D eigenvalue weighted by Gasteiger charge is -2.29. The summed E-state index contributed by atoms with van der Waals surface area (Å²) in [7, 11) is -2.94. The molecule has 4 heteroatoms. The topological polar surface area (TPSA) is 18.5 Å². The van der Waals surface area contributed by atoms with Crippen molar-refractivity contribution in [1.29, 1.82) is 0 Å². The molecule has 0 aliphatic carbocycles. The van der Waals surface area contributed by atoms with Crippen LogP contribution in [-0.4, -0.2) is 29.3 Å². The average molecular weight is 431 g/mol. The normalized spacial score (nSPS) is 14.0. The Morgan fingerprint density at radius 2 is 0.929 bits per heavy atom. The van der Waals surface area contributed by atoms with Crippen LogP contribution in [0.2, 0.25) is 39.3 Å². The van der Waals surface area contributed by atoms with E-state index in [1.165, 1.54) is 83.5 Å². The average Bonchev–Trinajstić information content (AvgIpc) is 2.54. The third-order valence-electron chi connectivity index (χ3n) is 5.03. The molecule has 0 N–H and O–H groups in total. The van der Waals surface area contributed by atoms with Crippen molar-refractivity contribution in [3.8, 4) is 0 Å². The van der Waals surface area contributed by atoms with Crippen LogP contribution in [0.3, 0.4) is 0 Å². The van der Waals surface area contributed by atoms with Crippen LogP contribution in [-0.2, 0) is 8.85 Å². The van der Waals surface area contributed by atoms with Crippen LogP contribution in [0.1, 0.15) is 97.3 Å². The molecular weight excluding hydrogens is 376 g/mol. The fourth-order valence-electron chi connectivity index (χ4n) is 3.53. The van der Waals surface area contributed by atoms with E-state index in [1.54, 1.807) is 0 Å². The van der Waals surface area contributed by atoms with E-state index in [-0.39, 0.29) is 0 Å². The predicted molar refractivity (Wildman–Crippen MR) is 132 cm³/mol. The van der Waals surface area contributed by atoms with Crippen molar-refractivity contribution in [2.45, 2.75) is 143 Å². The van der Waals surface area contributed by atoms with Crippen molar-refractivity contribution >= 4 is 16.6 Å². The minimum Gasteiger partial charge on any atom is -0.415 e. The molecule has 1 atom stereocenters. The smallest absolute Gasteiger partial charge is 0.184 e. The van der Waals surface area contributed by atoms with Crippen LogP contribution in [0.4, 0.5) is 0 Å². The first-order chi connectivity index (χ1) is 13.0. The van der Waals surface area contributed by atoms with Gasteiger partial charge in [0.2, 0.25) is 0 Å². The molecular formula is C24H54O2Si2. The van der Waals surface area contributed by atoms with Gasteiger partial charge in [0.25, 0.3) is 0 Å². The standard InChI is InChI=1S/C24H54O2Si2/c1-23(2)20-18-16-14-12-10-9-11-13-15-17-19-21-24(26-28(6,7)8)22-25-27(3,4)5/h23-24H,9-22H2,1-8H3. The summed E-state index contributed by atoms with van der Waals surface area (Å²) in [6.45, 7) is 19.1. The van der Waals surface area contributed by atoms with Crippen molar-refractivity contribution in [3.05, 3.63) is 0 Å². The molecule has 0 amide bonds. The lowest BCUT2D eigenvalue weighted by molar-refractivity contribution is 0.109. The van der Waals surface area contributed by atoms with E-state index in [0.29, 0.717) is 6.10 Å². The summed E-state index contributed by atoms with van der Waals surface area (Å²) in [5.41, 5.74) is 0. The molecule has 170 valence electrons. The minimum atomic E-state index is -1.49. The molecule has 0 heterocycles. The summed E-state index contributed by atoms with van der Waals surface area (Å²) in [5, 5.41) is 0. The molecule has 0 aromatic carbocycles. The van der Waals surface area contributed by atoms with Gasteiger partial charge in [0.05, 0.1) is 12.7 Å². The van der Waals surface area contributed by atoms with Crippen LogP contribution >= 0.6 is 0 Å². The van der Waals surface area contributed by atoms with Crippen molar-refractivity contribution in [2.75, 3.05) is 6.61 Å². The summed E-state index contributed by atoms with van der Waals surface area (Å²) in [5.74, 6) is 0.880. The second-order valence-electron chi connectivity index (χ2n) is 11.1. The Labute approximate surface area is 180 Å². The van der Waals surface area contributed by atoms with E-state index in [2.05, 4.69) is 53.1 Å². The first kappa shape index (κ1) is 28.4. The molecule has 0 aromatic rings. The predicted octanol–water partition coefficient (Wildman–Crippen LogP) is 8.79. The van der Waals surface area contributed by atoms with E-state index in [1.807, 2.05) is 0 Å².